The van der Waals surface area contributed by atoms with Crippen LogP contribution in [0.2, 0.25) is 0 Å². The number of halogens is 1. The number of non-ortho nitro benzene ring substituents is 1. The predicted molar refractivity (Wildman–Crippen MR) is 149 cm³/mol. The molecule has 0 bridgehead atoms. The van der Waals surface area contributed by atoms with Crippen LogP contribution in [0.15, 0.2) is 59.7 Å². The smallest absolute Gasteiger partial charge is 0.271 e. The molecule has 0 aliphatic rings. The molecule has 0 aliphatic heterocycles. The molecule has 0 saturated heterocycles. The summed E-state index contributed by atoms with van der Waals surface area (Å²) in [6.07, 6.45) is 1.44. The summed E-state index contributed by atoms with van der Waals surface area (Å²) in [5.41, 5.74) is 5.94. The van der Waals surface area contributed by atoms with Crippen molar-refractivity contribution in [3.05, 3.63) is 90.5 Å². The summed E-state index contributed by atoms with van der Waals surface area (Å²) in [7, 11) is 0. The van der Waals surface area contributed by atoms with E-state index < -0.39 is 10.8 Å². The fraction of sp³-hybridized carbons (Fsp3) is 0.192. The molecule has 0 saturated carbocycles. The zero-order chi connectivity index (χ0) is 26.9. The average molecular weight is 616 g/mol. The average Bonchev–Trinajstić information content (AvgIpc) is 2.86. The van der Waals surface area contributed by atoms with Crippen LogP contribution < -0.4 is 20.2 Å². The van der Waals surface area contributed by atoms with Gasteiger partial charge in [-0.2, -0.15) is 5.10 Å². The van der Waals surface area contributed by atoms with E-state index in [9.17, 15) is 19.7 Å². The largest absolute Gasteiger partial charge is 0.490 e. The van der Waals surface area contributed by atoms with Crippen LogP contribution in [0.4, 0.5) is 11.4 Å². The van der Waals surface area contributed by atoms with Gasteiger partial charge in [-0.3, -0.25) is 19.7 Å². The Hall–Kier alpha value is -4.00. The van der Waals surface area contributed by atoms with Gasteiger partial charge in [0.05, 0.1) is 21.3 Å². The van der Waals surface area contributed by atoms with E-state index in [2.05, 4.69) is 38.4 Å². The third-order valence-electron chi connectivity index (χ3n) is 5.28. The van der Waals surface area contributed by atoms with Gasteiger partial charge >= 0.3 is 0 Å². The van der Waals surface area contributed by atoms with Crippen molar-refractivity contribution in [2.45, 2.75) is 20.8 Å². The number of nitro groups is 1. The standard InChI is InChI=1S/C26H25IN4O6/c1-4-36-23-13-18(14-28-30-26(33)19-8-10-20(11-9-19)31(34)35)12-21(27)25(23)37-15-24(32)29-22-7-5-6-16(2)17(22)3/h5-14H,4,15H2,1-3H3,(H,29,32)(H,30,33)/b28-14+. The molecule has 3 aromatic carbocycles. The Labute approximate surface area is 227 Å². The van der Waals surface area contributed by atoms with Crippen molar-refractivity contribution in [2.75, 3.05) is 18.5 Å². The first-order valence-electron chi connectivity index (χ1n) is 11.2. The fourth-order valence-corrected chi connectivity index (χ4v) is 4.02. The predicted octanol–water partition coefficient (Wildman–Crippen LogP) is 5.00. The van der Waals surface area contributed by atoms with Gasteiger partial charge in [0.15, 0.2) is 18.1 Å². The van der Waals surface area contributed by atoms with Gasteiger partial charge in [-0.1, -0.05) is 12.1 Å². The Bertz CT molecular complexity index is 1340. The second kappa shape index (κ2) is 12.8. The molecule has 0 spiro atoms. The van der Waals surface area contributed by atoms with Crippen LogP contribution in [0.5, 0.6) is 11.5 Å². The number of benzene rings is 3. The highest BCUT2D eigenvalue weighted by molar-refractivity contribution is 14.1. The molecule has 11 heteroatoms. The number of hydrogen-bond acceptors (Lipinski definition) is 7. The van der Waals surface area contributed by atoms with Crippen LogP contribution in [0.1, 0.15) is 34.0 Å². The normalized spacial score (nSPS) is 10.7. The minimum absolute atomic E-state index is 0.108. The SMILES string of the molecule is CCOc1cc(/C=N/NC(=O)c2ccc([N+](=O)[O-])cc2)cc(I)c1OCC(=O)Nc1cccc(C)c1C. The van der Waals surface area contributed by atoms with Gasteiger partial charge in [-0.25, -0.2) is 5.43 Å². The van der Waals surface area contributed by atoms with Crippen LogP contribution in [0, 0.1) is 27.5 Å². The summed E-state index contributed by atoms with van der Waals surface area (Å²) in [5, 5.41) is 17.6. The van der Waals surface area contributed by atoms with E-state index in [1.807, 2.05) is 39.0 Å². The lowest BCUT2D eigenvalue weighted by molar-refractivity contribution is -0.384. The van der Waals surface area contributed by atoms with E-state index >= 15 is 0 Å². The maximum atomic E-state index is 12.5. The van der Waals surface area contributed by atoms with Crippen LogP contribution in [-0.2, 0) is 4.79 Å². The Balaban J connectivity index is 1.66. The molecule has 0 unspecified atom stereocenters. The van der Waals surface area contributed by atoms with Crippen molar-refractivity contribution in [3.63, 3.8) is 0 Å². The highest BCUT2D eigenvalue weighted by Gasteiger charge is 2.15. The quantitative estimate of drug-likeness (QED) is 0.143. The van der Waals surface area contributed by atoms with Gasteiger partial charge in [-0.15, -0.1) is 0 Å². The number of ether oxygens (including phenoxy) is 2. The zero-order valence-electron chi connectivity index (χ0n) is 20.4. The van der Waals surface area contributed by atoms with Crippen molar-refractivity contribution >= 4 is 52.0 Å². The van der Waals surface area contributed by atoms with E-state index in [-0.39, 0.29) is 23.8 Å². The number of nitrogens with one attached hydrogen (secondary N) is 2. The Morgan fingerprint density at radius 3 is 2.51 bits per heavy atom. The highest BCUT2D eigenvalue weighted by Crippen LogP contribution is 2.34. The number of carbonyl (C=O) groups is 2. The van der Waals surface area contributed by atoms with E-state index in [4.69, 9.17) is 9.47 Å². The number of anilines is 1. The Morgan fingerprint density at radius 2 is 1.84 bits per heavy atom. The van der Waals surface area contributed by atoms with E-state index in [0.717, 1.165) is 16.8 Å². The Morgan fingerprint density at radius 1 is 1.11 bits per heavy atom. The van der Waals surface area contributed by atoms with Crippen LogP contribution in [-0.4, -0.2) is 36.2 Å². The molecule has 0 fully saturated rings. The number of hydrazone groups is 1. The number of amides is 2. The number of nitro benzene ring substituents is 1. The zero-order valence-corrected chi connectivity index (χ0v) is 22.6. The highest BCUT2D eigenvalue weighted by atomic mass is 127. The molecule has 2 amide bonds. The second-order valence-corrected chi connectivity index (χ2v) is 9.01. The molecular weight excluding hydrogens is 591 g/mol. The first-order chi connectivity index (χ1) is 17.7. The summed E-state index contributed by atoms with van der Waals surface area (Å²) >= 11 is 2.07. The lowest BCUT2D eigenvalue weighted by Gasteiger charge is -2.15. The van der Waals surface area contributed by atoms with E-state index in [1.165, 1.54) is 30.5 Å². The van der Waals surface area contributed by atoms with Crippen molar-refractivity contribution in [1.82, 2.24) is 5.43 Å². The Kier molecular flexibility index (Phi) is 9.55. The maximum absolute atomic E-state index is 12.5. The molecular formula is C26H25IN4O6. The third-order valence-corrected chi connectivity index (χ3v) is 6.08. The monoisotopic (exact) mass is 616 g/mol. The van der Waals surface area contributed by atoms with Gasteiger partial charge in [0.1, 0.15) is 0 Å². The van der Waals surface area contributed by atoms with Gasteiger partial charge in [0.2, 0.25) is 0 Å². The molecule has 0 atom stereocenters. The lowest BCUT2D eigenvalue weighted by atomic mass is 10.1. The first kappa shape index (κ1) is 27.6. The van der Waals surface area contributed by atoms with Gasteiger partial charge in [-0.05, 0) is 90.4 Å². The van der Waals surface area contributed by atoms with Crippen LogP contribution >= 0.6 is 22.6 Å². The van der Waals surface area contributed by atoms with Crippen LogP contribution in [0.25, 0.3) is 0 Å². The summed E-state index contributed by atoms with van der Waals surface area (Å²) in [5.74, 6) is 0.0370. The molecule has 0 radical (unpaired) electrons. The maximum Gasteiger partial charge on any atom is 0.271 e. The summed E-state index contributed by atoms with van der Waals surface area (Å²) in [4.78, 5) is 35.0. The summed E-state index contributed by atoms with van der Waals surface area (Å²) in [6, 6.07) is 14.3. The van der Waals surface area contributed by atoms with Crippen molar-refractivity contribution in [2.24, 2.45) is 5.10 Å². The second-order valence-electron chi connectivity index (χ2n) is 7.85. The minimum Gasteiger partial charge on any atom is -0.490 e. The topological polar surface area (TPSA) is 132 Å². The molecule has 0 heterocycles. The number of carbonyl (C=O) groups excluding carboxylic acids is 2. The lowest BCUT2D eigenvalue weighted by Crippen LogP contribution is -2.21. The third kappa shape index (κ3) is 7.49. The molecule has 0 aliphatic carbocycles. The molecule has 0 aromatic heterocycles. The van der Waals surface area contributed by atoms with Crippen molar-refractivity contribution in [1.29, 1.82) is 0 Å². The number of hydrogen-bond donors (Lipinski definition) is 2. The molecule has 37 heavy (non-hydrogen) atoms. The van der Waals surface area contributed by atoms with E-state index in [0.29, 0.717) is 27.2 Å². The summed E-state index contributed by atoms with van der Waals surface area (Å²) < 4.78 is 12.2. The fourth-order valence-electron chi connectivity index (χ4n) is 3.24. The molecule has 2 N–H and O–H groups in total. The first-order valence-corrected chi connectivity index (χ1v) is 12.3. The molecule has 3 rings (SSSR count). The van der Waals surface area contributed by atoms with Gasteiger partial charge < -0.3 is 14.8 Å². The molecule has 10 nitrogen and oxygen atoms in total. The number of aryl methyl sites for hydroxylation is 1. The van der Waals surface area contributed by atoms with Crippen LogP contribution in [0.3, 0.4) is 0 Å². The van der Waals surface area contributed by atoms with Gasteiger partial charge in [0, 0.05) is 23.4 Å². The van der Waals surface area contributed by atoms with Gasteiger partial charge in [0.25, 0.3) is 17.5 Å². The van der Waals surface area contributed by atoms with E-state index in [1.54, 1.807) is 12.1 Å². The number of rotatable bonds is 10. The molecule has 192 valence electrons. The van der Waals surface area contributed by atoms with Crippen molar-refractivity contribution < 1.29 is 24.0 Å². The number of nitrogens with zero attached hydrogens (tertiary/aromatic N) is 2. The molecule has 3 aromatic rings. The summed E-state index contributed by atoms with van der Waals surface area (Å²) in [6.45, 7) is 5.91. The minimum atomic E-state index is -0.539. The van der Waals surface area contributed by atoms with Crippen molar-refractivity contribution in [3.8, 4) is 11.5 Å².